The van der Waals surface area contributed by atoms with Gasteiger partial charge < -0.3 is 23.9 Å². The van der Waals surface area contributed by atoms with Crippen molar-refractivity contribution < 1.29 is 38.3 Å². The van der Waals surface area contributed by atoms with Gasteiger partial charge in [-0.05, 0) is 86.3 Å². The number of ketones is 2. The SMILES string of the molecule is CCCCOc1noc2c1C(=O)[C@@]1(O[Si](C)(C)C(C)(C)C)C(=O)C3=C(O)c4c(O)cc(N(C(C)=O)c5ccncc5)cc4C[C@H]3C[C@H]1[C@@H]2N(C)C. The van der Waals surface area contributed by atoms with Gasteiger partial charge in [-0.1, -0.05) is 34.1 Å². The number of carbonyl (C=O) groups excluding carboxylic acids is 3. The molecule has 1 saturated carbocycles. The number of rotatable bonds is 9. The van der Waals surface area contributed by atoms with E-state index >= 15 is 9.59 Å². The first-order chi connectivity index (χ1) is 24.0. The van der Waals surface area contributed by atoms with Crippen LogP contribution in [-0.2, 0) is 20.4 Å². The number of aliphatic hydroxyl groups is 1. The molecule has 0 radical (unpaired) electrons. The molecule has 1 aromatic carbocycles. The molecule has 0 unspecified atom stereocenters. The van der Waals surface area contributed by atoms with Crippen LogP contribution in [0, 0.1) is 11.8 Å². The fraction of sp³-hybridized carbons (Fsp3) is 0.500. The number of aromatic hydroxyl groups is 1. The molecule has 0 saturated heterocycles. The average molecular weight is 717 g/mol. The smallest absolute Gasteiger partial charge is 0.265 e. The number of unbranched alkanes of at least 4 members (excludes halogenated alkanes) is 1. The summed E-state index contributed by atoms with van der Waals surface area (Å²) < 4.78 is 19.0. The summed E-state index contributed by atoms with van der Waals surface area (Å²) in [5, 5.41) is 27.3. The first-order valence-corrected chi connectivity index (χ1v) is 20.5. The molecule has 12 nitrogen and oxygen atoms in total. The Labute approximate surface area is 299 Å². The Morgan fingerprint density at radius 3 is 2.37 bits per heavy atom. The molecule has 2 N–H and O–H groups in total. The topological polar surface area (TPSA) is 156 Å². The van der Waals surface area contributed by atoms with E-state index in [0.29, 0.717) is 29.3 Å². The van der Waals surface area contributed by atoms with Crippen LogP contribution in [-0.4, -0.2) is 77.3 Å². The molecule has 3 aliphatic rings. The summed E-state index contributed by atoms with van der Waals surface area (Å²) in [6.45, 7) is 13.9. The summed E-state index contributed by atoms with van der Waals surface area (Å²) >= 11 is 0. The number of hydrogen-bond acceptors (Lipinski definition) is 11. The van der Waals surface area contributed by atoms with Crippen molar-refractivity contribution >= 4 is 42.9 Å². The van der Waals surface area contributed by atoms with Crippen LogP contribution in [0.25, 0.3) is 5.76 Å². The lowest BCUT2D eigenvalue weighted by molar-refractivity contribution is -0.140. The van der Waals surface area contributed by atoms with E-state index in [1.807, 2.05) is 59.8 Å². The highest BCUT2D eigenvalue weighted by molar-refractivity contribution is 6.74. The number of ether oxygens (including phenoxy) is 1. The molecule has 2 aromatic heterocycles. The summed E-state index contributed by atoms with van der Waals surface area (Å²) in [4.78, 5) is 50.9. The van der Waals surface area contributed by atoms with Crippen LogP contribution in [0.15, 0.2) is 46.8 Å². The second kappa shape index (κ2) is 13.0. The lowest BCUT2D eigenvalue weighted by Crippen LogP contribution is -2.68. The molecule has 6 rings (SSSR count). The zero-order valence-electron chi connectivity index (χ0n) is 30.9. The Morgan fingerprint density at radius 1 is 1.08 bits per heavy atom. The van der Waals surface area contributed by atoms with Gasteiger partial charge in [0, 0.05) is 36.9 Å². The van der Waals surface area contributed by atoms with Gasteiger partial charge in [-0.25, -0.2) is 0 Å². The first kappa shape index (κ1) is 36.5. The van der Waals surface area contributed by atoms with Gasteiger partial charge >= 0.3 is 0 Å². The second-order valence-corrected chi connectivity index (χ2v) is 20.4. The Balaban J connectivity index is 1.55. The Morgan fingerprint density at radius 2 is 1.76 bits per heavy atom. The Kier molecular flexibility index (Phi) is 9.30. The molecule has 3 aromatic rings. The van der Waals surface area contributed by atoms with E-state index in [9.17, 15) is 15.0 Å². The number of benzene rings is 1. The maximum atomic E-state index is 15.4. The molecule has 4 atom stereocenters. The number of phenols is 1. The fourth-order valence-corrected chi connectivity index (χ4v) is 9.14. The predicted molar refractivity (Wildman–Crippen MR) is 194 cm³/mol. The van der Waals surface area contributed by atoms with Crippen LogP contribution in [0.4, 0.5) is 11.4 Å². The van der Waals surface area contributed by atoms with Crippen molar-refractivity contribution in [3.63, 3.8) is 0 Å². The van der Waals surface area contributed by atoms with E-state index in [2.05, 4.69) is 10.1 Å². The summed E-state index contributed by atoms with van der Waals surface area (Å²) in [6, 6.07) is 5.94. The molecule has 272 valence electrons. The Bertz CT molecular complexity index is 1910. The van der Waals surface area contributed by atoms with E-state index in [1.165, 1.54) is 17.9 Å². The molecule has 2 heterocycles. The number of fused-ring (bicyclic) bond motifs is 4. The van der Waals surface area contributed by atoms with Crippen molar-refractivity contribution in [1.82, 2.24) is 15.0 Å². The monoisotopic (exact) mass is 716 g/mol. The highest BCUT2D eigenvalue weighted by Gasteiger charge is 2.68. The number of nitrogens with zero attached hydrogens (tertiary/aromatic N) is 4. The molecule has 51 heavy (non-hydrogen) atoms. The minimum Gasteiger partial charge on any atom is -0.507 e. The second-order valence-electron chi connectivity index (χ2n) is 15.7. The molecular weight excluding hydrogens is 669 g/mol. The largest absolute Gasteiger partial charge is 0.507 e. The van der Waals surface area contributed by atoms with Crippen LogP contribution >= 0.6 is 0 Å². The van der Waals surface area contributed by atoms with Crippen LogP contribution in [0.2, 0.25) is 18.1 Å². The average Bonchev–Trinajstić information content (AvgIpc) is 3.45. The van der Waals surface area contributed by atoms with Crippen molar-refractivity contribution in [2.75, 3.05) is 25.6 Å². The number of Topliss-reactive ketones (excluding diaryl/α,β-unsaturated/α-hetero) is 2. The summed E-state index contributed by atoms with van der Waals surface area (Å²) in [5.41, 5.74) is -0.243. The summed E-state index contributed by atoms with van der Waals surface area (Å²) in [7, 11) is 0.853. The van der Waals surface area contributed by atoms with Gasteiger partial charge in [0.05, 0.1) is 29.6 Å². The number of aliphatic hydroxyl groups excluding tert-OH is 1. The van der Waals surface area contributed by atoms with Crippen LogP contribution in [0.1, 0.15) is 87.2 Å². The molecule has 1 amide bonds. The van der Waals surface area contributed by atoms with Gasteiger partial charge in [0.25, 0.3) is 5.88 Å². The van der Waals surface area contributed by atoms with Crippen molar-refractivity contribution in [3.05, 3.63) is 64.7 Å². The third-order valence-corrected chi connectivity index (χ3v) is 15.5. The first-order valence-electron chi connectivity index (χ1n) is 17.5. The van der Waals surface area contributed by atoms with Gasteiger partial charge in [-0.2, -0.15) is 0 Å². The van der Waals surface area contributed by atoms with Crippen LogP contribution in [0.3, 0.4) is 0 Å². The normalized spacial score (nSPS) is 23.1. The molecule has 0 spiro atoms. The molecular formula is C38H48N4O8Si. The van der Waals surface area contributed by atoms with Crippen molar-refractivity contribution in [2.45, 2.75) is 90.1 Å². The number of hydrogen-bond donors (Lipinski definition) is 2. The minimum atomic E-state index is -2.88. The van der Waals surface area contributed by atoms with E-state index in [0.717, 1.165) is 12.8 Å². The van der Waals surface area contributed by atoms with Crippen molar-refractivity contribution in [1.29, 1.82) is 0 Å². The van der Waals surface area contributed by atoms with Gasteiger partial charge in [0.2, 0.25) is 17.5 Å². The zero-order chi connectivity index (χ0) is 37.2. The quantitative estimate of drug-likeness (QED) is 0.135. The van der Waals surface area contributed by atoms with Gasteiger partial charge in [0.15, 0.2) is 19.7 Å². The highest BCUT2D eigenvalue weighted by Crippen LogP contribution is 2.59. The number of phenolic OH excluding ortho intramolecular Hbond substituents is 1. The molecule has 1 fully saturated rings. The minimum absolute atomic E-state index is 0.0310. The summed E-state index contributed by atoms with van der Waals surface area (Å²) in [6.07, 6.45) is 5.30. The number of pyridine rings is 1. The molecule has 0 aliphatic heterocycles. The fourth-order valence-electron chi connectivity index (χ4n) is 7.69. The van der Waals surface area contributed by atoms with Gasteiger partial charge in [0.1, 0.15) is 17.1 Å². The summed E-state index contributed by atoms with van der Waals surface area (Å²) in [5.74, 6) is -3.07. The van der Waals surface area contributed by atoms with Gasteiger partial charge in [-0.3, -0.25) is 29.2 Å². The number of carbonyl (C=O) groups is 3. The van der Waals surface area contributed by atoms with Gasteiger partial charge in [-0.15, -0.1) is 0 Å². The predicted octanol–water partition coefficient (Wildman–Crippen LogP) is 6.93. The lowest BCUT2D eigenvalue weighted by Gasteiger charge is -2.55. The molecule has 13 heteroatoms. The maximum absolute atomic E-state index is 15.4. The third-order valence-electron chi connectivity index (χ3n) is 11.1. The van der Waals surface area contributed by atoms with E-state index in [1.54, 1.807) is 30.6 Å². The van der Waals surface area contributed by atoms with Crippen LogP contribution < -0.4 is 9.64 Å². The lowest BCUT2D eigenvalue weighted by atomic mass is 9.57. The van der Waals surface area contributed by atoms with Crippen LogP contribution in [0.5, 0.6) is 11.6 Å². The maximum Gasteiger partial charge on any atom is 0.265 e. The van der Waals surface area contributed by atoms with E-state index in [4.69, 9.17) is 13.7 Å². The highest BCUT2D eigenvalue weighted by atomic mass is 28.4. The Hall–Kier alpha value is -4.33. The number of aromatic nitrogens is 2. The third kappa shape index (κ3) is 5.79. The molecule has 3 aliphatic carbocycles. The standard InChI is InChI=1S/C38H48N4O8Si/c1-10-11-16-48-36-30-33(49-40-36)31(41(6)7)26-19-23-17-22-18-25(42(21(2)43)24-12-14-39-15-13-24)20-27(44)28(22)32(45)29(23)34(46)38(26,35(30)47)50-51(8,9)37(3,4)5/h12-15,18,20,23,26,31,44-45H,10-11,16-17,19H2,1-9H3/t23-,26-,31-,38-/m0/s1. The van der Waals surface area contributed by atoms with E-state index in [-0.39, 0.29) is 52.1 Å². The molecule has 0 bridgehead atoms. The number of amides is 1. The number of anilines is 2. The van der Waals surface area contributed by atoms with Crippen molar-refractivity contribution in [3.8, 4) is 11.6 Å². The zero-order valence-corrected chi connectivity index (χ0v) is 31.9. The van der Waals surface area contributed by atoms with Crippen molar-refractivity contribution in [2.24, 2.45) is 11.8 Å². The van der Waals surface area contributed by atoms with E-state index < -0.39 is 49.1 Å².